The average Bonchev–Trinajstić information content (AvgIpc) is 2.94. The molecule has 0 radical (unpaired) electrons. The van der Waals surface area contributed by atoms with E-state index >= 15 is 0 Å². The summed E-state index contributed by atoms with van der Waals surface area (Å²) < 4.78 is 7.20. The van der Waals surface area contributed by atoms with Crippen molar-refractivity contribution in [2.45, 2.75) is 52.7 Å². The van der Waals surface area contributed by atoms with Crippen molar-refractivity contribution in [1.82, 2.24) is 9.55 Å². The summed E-state index contributed by atoms with van der Waals surface area (Å²) in [5.74, 6) is 0.263. The predicted octanol–water partition coefficient (Wildman–Crippen LogP) is 3.95. The number of carbonyl (C=O) groups is 1. The van der Waals surface area contributed by atoms with Gasteiger partial charge in [-0.3, -0.25) is 4.79 Å². The number of hydrogen-bond acceptors (Lipinski definition) is 3. The van der Waals surface area contributed by atoms with Crippen molar-refractivity contribution >= 4 is 5.97 Å². The minimum atomic E-state index is -0.0749. The van der Waals surface area contributed by atoms with Gasteiger partial charge in [0.25, 0.3) is 0 Å². The number of rotatable bonds is 5. The molecule has 1 aromatic heterocycles. The van der Waals surface area contributed by atoms with Gasteiger partial charge in [0.15, 0.2) is 6.73 Å². The predicted molar refractivity (Wildman–Crippen MR) is 89.1 cm³/mol. The number of esters is 1. The van der Waals surface area contributed by atoms with Crippen molar-refractivity contribution in [1.29, 1.82) is 0 Å². The zero-order valence-corrected chi connectivity index (χ0v) is 14.1. The molecule has 23 heavy (non-hydrogen) atoms. The van der Waals surface area contributed by atoms with E-state index in [0.717, 1.165) is 25.0 Å². The standard InChI is InChI=1S/C19H24N2O2/c1-13-6-4-9-17(14(13)2)15(3)18-10-21(11-20-18)12-23-19(22)16-7-5-8-16/h4,6,9-11,15-16H,5,7-8,12H2,1-3H3/t15-/m0/s1. The van der Waals surface area contributed by atoms with Gasteiger partial charge in [0.05, 0.1) is 17.9 Å². The van der Waals surface area contributed by atoms with Crippen LogP contribution >= 0.6 is 0 Å². The van der Waals surface area contributed by atoms with E-state index < -0.39 is 0 Å². The lowest BCUT2D eigenvalue weighted by molar-refractivity contribution is -0.155. The summed E-state index contributed by atoms with van der Waals surface area (Å²) in [6, 6.07) is 6.37. The van der Waals surface area contributed by atoms with Crippen LogP contribution in [0.1, 0.15) is 54.5 Å². The van der Waals surface area contributed by atoms with Crippen LogP contribution in [0.25, 0.3) is 0 Å². The Bertz CT molecular complexity index is 701. The first kappa shape index (κ1) is 15.8. The normalized spacial score (nSPS) is 16.0. The second-order valence-electron chi connectivity index (χ2n) is 6.54. The Morgan fingerprint density at radius 2 is 2.17 bits per heavy atom. The zero-order valence-electron chi connectivity index (χ0n) is 14.1. The lowest BCUT2D eigenvalue weighted by Gasteiger charge is -2.23. The first-order chi connectivity index (χ1) is 11.1. The molecule has 122 valence electrons. The van der Waals surface area contributed by atoms with Crippen molar-refractivity contribution in [2.24, 2.45) is 5.92 Å². The van der Waals surface area contributed by atoms with Crippen molar-refractivity contribution in [3.05, 3.63) is 53.1 Å². The maximum atomic E-state index is 11.8. The Hall–Kier alpha value is -2.10. The zero-order chi connectivity index (χ0) is 16.4. The van der Waals surface area contributed by atoms with Crippen molar-refractivity contribution in [2.75, 3.05) is 0 Å². The maximum Gasteiger partial charge on any atom is 0.310 e. The molecule has 0 saturated heterocycles. The highest BCUT2D eigenvalue weighted by Gasteiger charge is 2.26. The summed E-state index contributed by atoms with van der Waals surface area (Å²) in [5, 5.41) is 0. The SMILES string of the molecule is Cc1cccc([C@H](C)c2cn(COC(=O)C3CCC3)cn2)c1C. The Balaban J connectivity index is 1.66. The fourth-order valence-electron chi connectivity index (χ4n) is 2.97. The monoisotopic (exact) mass is 312 g/mol. The van der Waals surface area contributed by atoms with Crippen molar-refractivity contribution < 1.29 is 9.53 Å². The minimum absolute atomic E-state index is 0.0749. The topological polar surface area (TPSA) is 44.1 Å². The smallest absolute Gasteiger partial charge is 0.310 e. The average molecular weight is 312 g/mol. The molecule has 0 N–H and O–H groups in total. The molecule has 1 heterocycles. The van der Waals surface area contributed by atoms with E-state index in [1.165, 1.54) is 16.7 Å². The number of aromatic nitrogens is 2. The van der Waals surface area contributed by atoms with Crippen LogP contribution in [0.5, 0.6) is 0 Å². The number of imidazole rings is 1. The van der Waals surface area contributed by atoms with Crippen molar-refractivity contribution in [3.8, 4) is 0 Å². The van der Waals surface area contributed by atoms with Crippen LogP contribution in [0.3, 0.4) is 0 Å². The molecule has 0 amide bonds. The Kier molecular flexibility index (Phi) is 4.51. The Morgan fingerprint density at radius 3 is 2.87 bits per heavy atom. The number of aryl methyl sites for hydroxylation is 1. The van der Waals surface area contributed by atoms with Gasteiger partial charge in [-0.05, 0) is 43.4 Å². The van der Waals surface area contributed by atoms with Gasteiger partial charge in [0, 0.05) is 12.1 Å². The first-order valence-corrected chi connectivity index (χ1v) is 8.30. The minimum Gasteiger partial charge on any atom is -0.444 e. The molecule has 4 heteroatoms. The molecule has 0 unspecified atom stereocenters. The van der Waals surface area contributed by atoms with E-state index in [0.29, 0.717) is 0 Å². The fourth-order valence-corrected chi connectivity index (χ4v) is 2.97. The van der Waals surface area contributed by atoms with Crippen LogP contribution < -0.4 is 0 Å². The van der Waals surface area contributed by atoms with E-state index in [1.807, 2.05) is 10.8 Å². The van der Waals surface area contributed by atoms with Crippen LogP contribution in [-0.4, -0.2) is 15.5 Å². The van der Waals surface area contributed by atoms with Crippen molar-refractivity contribution in [3.63, 3.8) is 0 Å². The molecular weight excluding hydrogens is 288 g/mol. The summed E-state index contributed by atoms with van der Waals surface area (Å²) in [5.41, 5.74) is 4.90. The van der Waals surface area contributed by atoms with Crippen LogP contribution in [0, 0.1) is 19.8 Å². The highest BCUT2D eigenvalue weighted by molar-refractivity contribution is 5.73. The van der Waals surface area contributed by atoms with E-state index in [4.69, 9.17) is 4.74 Å². The molecule has 3 rings (SSSR count). The number of ether oxygens (including phenoxy) is 1. The molecule has 0 bridgehead atoms. The third-order valence-electron chi connectivity index (χ3n) is 5.00. The Morgan fingerprint density at radius 1 is 1.39 bits per heavy atom. The molecule has 1 saturated carbocycles. The molecule has 0 aliphatic heterocycles. The van der Waals surface area contributed by atoms with E-state index in [9.17, 15) is 4.79 Å². The first-order valence-electron chi connectivity index (χ1n) is 8.30. The molecule has 1 aliphatic rings. The van der Waals surface area contributed by atoms with Gasteiger partial charge in [-0.15, -0.1) is 0 Å². The highest BCUT2D eigenvalue weighted by Crippen LogP contribution is 2.28. The second-order valence-corrected chi connectivity index (χ2v) is 6.54. The summed E-state index contributed by atoms with van der Waals surface area (Å²) in [6.45, 7) is 6.69. The van der Waals surface area contributed by atoms with Crippen LogP contribution in [0.4, 0.5) is 0 Å². The van der Waals surface area contributed by atoms with Gasteiger partial charge in [-0.25, -0.2) is 4.98 Å². The third-order valence-corrected chi connectivity index (χ3v) is 5.00. The van der Waals surface area contributed by atoms with Crippen LogP contribution in [-0.2, 0) is 16.3 Å². The second kappa shape index (κ2) is 6.57. The molecule has 2 aromatic rings. The van der Waals surface area contributed by atoms with Gasteiger partial charge in [-0.2, -0.15) is 0 Å². The van der Waals surface area contributed by atoms with Gasteiger partial charge in [0.1, 0.15) is 0 Å². The molecule has 1 aliphatic carbocycles. The van der Waals surface area contributed by atoms with Crippen LogP contribution in [0.2, 0.25) is 0 Å². The number of carbonyl (C=O) groups excluding carboxylic acids is 1. The highest BCUT2D eigenvalue weighted by atomic mass is 16.5. The summed E-state index contributed by atoms with van der Waals surface area (Å²) in [6.07, 6.45) is 6.79. The number of nitrogens with zero attached hydrogens (tertiary/aromatic N) is 2. The van der Waals surface area contributed by atoms with E-state index in [1.54, 1.807) is 6.33 Å². The lowest BCUT2D eigenvalue weighted by Crippen LogP contribution is -2.24. The van der Waals surface area contributed by atoms with E-state index in [2.05, 4.69) is 44.0 Å². The maximum absolute atomic E-state index is 11.8. The summed E-state index contributed by atoms with van der Waals surface area (Å²) in [4.78, 5) is 16.3. The van der Waals surface area contributed by atoms with Crippen LogP contribution in [0.15, 0.2) is 30.7 Å². The third kappa shape index (κ3) is 3.31. The van der Waals surface area contributed by atoms with Gasteiger partial charge >= 0.3 is 5.97 Å². The van der Waals surface area contributed by atoms with Gasteiger partial charge in [0.2, 0.25) is 0 Å². The largest absolute Gasteiger partial charge is 0.444 e. The Labute approximate surface area is 137 Å². The molecule has 1 atom stereocenters. The number of hydrogen-bond donors (Lipinski definition) is 0. The fraction of sp³-hybridized carbons (Fsp3) is 0.474. The lowest BCUT2D eigenvalue weighted by atomic mass is 9.86. The molecule has 4 nitrogen and oxygen atoms in total. The van der Waals surface area contributed by atoms with Gasteiger partial charge in [-0.1, -0.05) is 31.5 Å². The molecule has 1 fully saturated rings. The van der Waals surface area contributed by atoms with Gasteiger partial charge < -0.3 is 9.30 Å². The quantitative estimate of drug-likeness (QED) is 0.785. The molecular formula is C19H24N2O2. The molecule has 0 spiro atoms. The summed E-state index contributed by atoms with van der Waals surface area (Å²) >= 11 is 0. The molecule has 1 aromatic carbocycles. The number of benzene rings is 1. The van der Waals surface area contributed by atoms with E-state index in [-0.39, 0.29) is 24.5 Å². The summed E-state index contributed by atoms with van der Waals surface area (Å²) in [7, 11) is 0.